The summed E-state index contributed by atoms with van der Waals surface area (Å²) in [5.41, 5.74) is 7.66. The number of hydrogen-bond donors (Lipinski definition) is 0. The third-order valence-electron chi connectivity index (χ3n) is 9.23. The van der Waals surface area contributed by atoms with Gasteiger partial charge < -0.3 is 24.2 Å². The molecule has 0 spiro atoms. The van der Waals surface area contributed by atoms with Crippen LogP contribution in [0.1, 0.15) is 30.4 Å². The van der Waals surface area contributed by atoms with E-state index in [9.17, 15) is 0 Å². The second kappa shape index (κ2) is 17.9. The Morgan fingerprint density at radius 2 is 1.19 bits per heavy atom. The van der Waals surface area contributed by atoms with Crippen molar-refractivity contribution in [3.63, 3.8) is 0 Å². The van der Waals surface area contributed by atoms with Gasteiger partial charge in [-0.25, -0.2) is 0 Å². The van der Waals surface area contributed by atoms with E-state index in [2.05, 4.69) is 60.7 Å². The molecule has 0 amide bonds. The van der Waals surface area contributed by atoms with Crippen LogP contribution < -0.4 is 14.5 Å². The zero-order valence-electron chi connectivity index (χ0n) is 29.4. The molecule has 1 fully saturated rings. The molecule has 9 rings (SSSR count). The van der Waals surface area contributed by atoms with Gasteiger partial charge in [-0.1, -0.05) is 115 Å². The third-order valence-corrected chi connectivity index (χ3v) is 9.23. The minimum Gasteiger partial charge on any atom is -0.497 e. The van der Waals surface area contributed by atoms with E-state index in [-0.39, 0.29) is 19.5 Å². The van der Waals surface area contributed by atoms with Crippen LogP contribution in [-0.2, 0) is 24.2 Å². The van der Waals surface area contributed by atoms with Crippen LogP contribution in [0.2, 0.25) is 0 Å². The van der Waals surface area contributed by atoms with Crippen molar-refractivity contribution in [1.82, 2.24) is 4.98 Å². The quantitative estimate of drug-likeness (QED) is 0.122. The molecule has 0 saturated carbocycles. The summed E-state index contributed by atoms with van der Waals surface area (Å²) in [6.45, 7) is 2.00. The molecular formula is C45H42N3O3Rh-. The van der Waals surface area contributed by atoms with E-state index in [1.165, 1.54) is 19.3 Å². The second-order valence-corrected chi connectivity index (χ2v) is 12.7. The largest absolute Gasteiger partial charge is 0.497 e. The number of aliphatic imine (C=N–C) groups is 2. The number of methoxy groups -OCH3 is 2. The summed E-state index contributed by atoms with van der Waals surface area (Å²) in [6, 6.07) is 38.3. The van der Waals surface area contributed by atoms with E-state index in [1.807, 2.05) is 84.9 Å². The molecule has 1 saturated heterocycles. The van der Waals surface area contributed by atoms with Crippen LogP contribution in [-0.4, -0.2) is 39.0 Å². The van der Waals surface area contributed by atoms with E-state index in [4.69, 9.17) is 29.2 Å². The average Bonchev–Trinajstić information content (AvgIpc) is 4.07. The van der Waals surface area contributed by atoms with E-state index < -0.39 is 0 Å². The number of hydrogen-bond acceptors (Lipinski definition) is 4. The van der Waals surface area contributed by atoms with Crippen LogP contribution >= 0.6 is 0 Å². The summed E-state index contributed by atoms with van der Waals surface area (Å²) in [5.74, 6) is 4.45. The van der Waals surface area contributed by atoms with Crippen molar-refractivity contribution in [2.24, 2.45) is 21.8 Å². The zero-order chi connectivity index (χ0) is 34.8. The molecular weight excluding hydrogens is 733 g/mol. The molecule has 0 atom stereocenters. The van der Waals surface area contributed by atoms with Crippen LogP contribution in [0.5, 0.6) is 11.5 Å². The molecule has 5 aromatic rings. The number of allylic oxidation sites excluding steroid dienone is 5. The normalized spacial score (nSPS) is 18.5. The molecule has 4 aromatic carbocycles. The number of nitrogens with zero attached hydrogens (tertiary/aromatic N) is 3. The van der Waals surface area contributed by atoms with Gasteiger partial charge in [-0.05, 0) is 95.2 Å². The Balaban J connectivity index is 0.000000299. The molecule has 2 aliphatic heterocycles. The van der Waals surface area contributed by atoms with Crippen LogP contribution in [0.4, 0.5) is 5.82 Å². The zero-order valence-corrected chi connectivity index (χ0v) is 31.1. The van der Waals surface area contributed by atoms with Crippen LogP contribution in [0.3, 0.4) is 0 Å². The summed E-state index contributed by atoms with van der Waals surface area (Å²) < 4.78 is 15.7. The molecule has 0 unspecified atom stereocenters. The van der Waals surface area contributed by atoms with Crippen molar-refractivity contribution in [1.29, 1.82) is 0 Å². The van der Waals surface area contributed by atoms with Gasteiger partial charge in [0.2, 0.25) is 0 Å². The Labute approximate surface area is 319 Å². The van der Waals surface area contributed by atoms with Gasteiger partial charge >= 0.3 is 0 Å². The number of rotatable bonds is 7. The van der Waals surface area contributed by atoms with E-state index >= 15 is 0 Å². The van der Waals surface area contributed by atoms with Crippen molar-refractivity contribution < 1.29 is 33.7 Å². The van der Waals surface area contributed by atoms with E-state index in [0.717, 1.165) is 81.3 Å². The van der Waals surface area contributed by atoms with Crippen LogP contribution in [0, 0.1) is 11.8 Å². The van der Waals surface area contributed by atoms with Crippen molar-refractivity contribution in [2.45, 2.75) is 19.3 Å². The van der Waals surface area contributed by atoms with Crippen molar-refractivity contribution in [3.05, 3.63) is 157 Å². The van der Waals surface area contributed by atoms with Gasteiger partial charge in [-0.15, -0.1) is 0 Å². The first kappa shape index (κ1) is 36.7. The first-order valence-electron chi connectivity index (χ1n) is 17.6. The molecule has 7 heteroatoms. The van der Waals surface area contributed by atoms with Gasteiger partial charge in [0.25, 0.3) is 0 Å². The minimum absolute atomic E-state index is 0. The third kappa shape index (κ3) is 9.03. The topological polar surface area (TPSA) is 66.5 Å². The standard InChI is InChI=1S/C34H26N3O2.C7H8.C4H8O.Rh/c1-38-27-17-13-23(14-18-27)29-21-31(25-9-5-3-6-10-25)35-33(29)37-34-30(24-15-19-28(39-2)20-16-24)22-32(36-34)26-11-7-4-8-12-26;1-2-7-4-3-6(1)5-7;1-2-4-5-3-1;/h3-22H,1-2H3;1-4,6-7H,5H2;1-4H2;/q-1;;;/b37-33-;;;. The van der Waals surface area contributed by atoms with Crippen molar-refractivity contribution in [2.75, 3.05) is 27.4 Å². The van der Waals surface area contributed by atoms with Crippen molar-refractivity contribution >= 4 is 22.9 Å². The van der Waals surface area contributed by atoms with E-state index in [0.29, 0.717) is 11.7 Å². The SMILES string of the molecule is C1=CC2C=CC1C2.C1CCOC1.COc1ccc(C2=CC(c3ccccc3)=N/C2=N\c2[n-]c(-c3ccccc3)cc2-c2ccc(OC)cc2)cc1.[Rh]. The Morgan fingerprint density at radius 1 is 0.654 bits per heavy atom. The monoisotopic (exact) mass is 775 g/mol. The maximum absolute atomic E-state index is 5.37. The predicted molar refractivity (Wildman–Crippen MR) is 208 cm³/mol. The number of amidine groups is 1. The van der Waals surface area contributed by atoms with Gasteiger partial charge in [0.05, 0.1) is 25.8 Å². The fourth-order valence-electron chi connectivity index (χ4n) is 6.40. The van der Waals surface area contributed by atoms with Crippen molar-refractivity contribution in [3.8, 4) is 33.9 Å². The molecule has 2 bridgehead atoms. The average molecular weight is 776 g/mol. The van der Waals surface area contributed by atoms with Gasteiger partial charge in [-0.2, -0.15) is 0 Å². The Hall–Kier alpha value is -5.10. The van der Waals surface area contributed by atoms with Gasteiger partial charge in [0.15, 0.2) is 0 Å². The molecule has 1 aromatic heterocycles. The molecule has 3 heterocycles. The van der Waals surface area contributed by atoms with Crippen LogP contribution in [0.25, 0.3) is 28.0 Å². The summed E-state index contributed by atoms with van der Waals surface area (Å²) >= 11 is 0. The Bertz CT molecular complexity index is 2020. The molecule has 6 nitrogen and oxygen atoms in total. The van der Waals surface area contributed by atoms with Gasteiger partial charge in [0.1, 0.15) is 11.5 Å². The summed E-state index contributed by atoms with van der Waals surface area (Å²) in [6.07, 6.45) is 15.2. The predicted octanol–water partition coefficient (Wildman–Crippen LogP) is 10.2. The Morgan fingerprint density at radius 3 is 1.67 bits per heavy atom. The molecule has 4 aliphatic rings. The molecule has 265 valence electrons. The molecule has 52 heavy (non-hydrogen) atoms. The fraction of sp³-hybridized carbons (Fsp3) is 0.200. The second-order valence-electron chi connectivity index (χ2n) is 12.7. The van der Waals surface area contributed by atoms with Gasteiger partial charge in [0, 0.05) is 43.8 Å². The molecule has 1 radical (unpaired) electrons. The Kier molecular flexibility index (Phi) is 12.6. The maximum atomic E-state index is 5.37. The summed E-state index contributed by atoms with van der Waals surface area (Å²) in [5, 5.41) is 0. The van der Waals surface area contributed by atoms with Gasteiger partial charge in [-0.3, -0.25) is 4.99 Å². The number of aromatic nitrogens is 1. The van der Waals surface area contributed by atoms with Crippen LogP contribution in [0.15, 0.2) is 156 Å². The molecule has 2 aliphatic carbocycles. The summed E-state index contributed by atoms with van der Waals surface area (Å²) in [7, 11) is 3.33. The first-order chi connectivity index (χ1) is 25.2. The first-order valence-corrected chi connectivity index (χ1v) is 17.6. The fourth-order valence-corrected chi connectivity index (χ4v) is 6.40. The minimum atomic E-state index is 0. The number of benzene rings is 4. The van der Waals surface area contributed by atoms with E-state index in [1.54, 1.807) is 14.2 Å². The number of ether oxygens (including phenoxy) is 3. The molecule has 0 N–H and O–H groups in total. The number of fused-ring (bicyclic) bond motifs is 2. The maximum Gasteiger partial charge on any atom is 0.118 e. The smallest absolute Gasteiger partial charge is 0.118 e. The summed E-state index contributed by atoms with van der Waals surface area (Å²) in [4.78, 5) is 15.0.